The van der Waals surface area contributed by atoms with Crippen molar-refractivity contribution in [3.63, 3.8) is 0 Å². The largest absolute Gasteiger partial charge is 0.370 e. The fourth-order valence-corrected chi connectivity index (χ4v) is 1.11. The van der Waals surface area contributed by atoms with Crippen LogP contribution in [0.25, 0.3) is 0 Å². The van der Waals surface area contributed by atoms with Gasteiger partial charge in [0.15, 0.2) is 0 Å². The Morgan fingerprint density at radius 1 is 1.71 bits per heavy atom. The molecule has 1 aromatic rings. The quantitative estimate of drug-likeness (QED) is 0.592. The van der Waals surface area contributed by atoms with Crippen molar-refractivity contribution in [3.05, 3.63) is 22.7 Å². The fraction of sp³-hybridized carbons (Fsp3) is 0.556. The highest BCUT2D eigenvalue weighted by molar-refractivity contribution is 5.31. The van der Waals surface area contributed by atoms with E-state index in [-0.39, 0.29) is 11.6 Å². The van der Waals surface area contributed by atoms with E-state index in [1.807, 2.05) is 6.92 Å². The Balaban J connectivity index is 2.28. The monoisotopic (exact) mass is 196 g/mol. The Labute approximate surface area is 82.7 Å². The number of nitrogens with zero attached hydrogens (tertiary/aromatic N) is 1. The van der Waals surface area contributed by atoms with Crippen LogP contribution in [0.15, 0.2) is 17.2 Å². The molecule has 5 nitrogen and oxygen atoms in total. The van der Waals surface area contributed by atoms with Crippen molar-refractivity contribution in [3.8, 4) is 0 Å². The van der Waals surface area contributed by atoms with Gasteiger partial charge in [-0.3, -0.25) is 4.79 Å². The van der Waals surface area contributed by atoms with Crippen molar-refractivity contribution in [1.29, 1.82) is 0 Å². The van der Waals surface area contributed by atoms with Crippen LogP contribution >= 0.6 is 0 Å². The molecule has 0 aliphatic rings. The summed E-state index contributed by atoms with van der Waals surface area (Å²) in [6.07, 6.45) is 3.33. The maximum absolute atomic E-state index is 10.9. The molecule has 0 aliphatic carbocycles. The summed E-state index contributed by atoms with van der Waals surface area (Å²) in [4.78, 5) is 17.3. The molecular formula is C9H16N4O. The Bertz CT molecular complexity index is 321. The number of aromatic nitrogens is 2. The zero-order chi connectivity index (χ0) is 10.4. The van der Waals surface area contributed by atoms with Gasteiger partial charge in [0.25, 0.3) is 5.56 Å². The summed E-state index contributed by atoms with van der Waals surface area (Å²) in [6.45, 7) is 2.77. The van der Waals surface area contributed by atoms with Gasteiger partial charge in [0.1, 0.15) is 5.82 Å². The number of nitrogens with two attached hydrogens (primary N) is 1. The molecule has 0 spiro atoms. The van der Waals surface area contributed by atoms with Gasteiger partial charge in [-0.2, -0.15) is 0 Å². The molecule has 14 heavy (non-hydrogen) atoms. The zero-order valence-electron chi connectivity index (χ0n) is 8.29. The molecule has 1 unspecified atom stereocenters. The minimum absolute atomic E-state index is 0.144. The highest BCUT2D eigenvalue weighted by Gasteiger charge is 1.95. The molecule has 0 saturated heterocycles. The first-order chi connectivity index (χ1) is 6.68. The number of nitrogens with one attached hydrogen (secondary N) is 2. The Morgan fingerprint density at radius 3 is 3.14 bits per heavy atom. The number of anilines is 1. The average molecular weight is 196 g/mol. The van der Waals surface area contributed by atoms with Crippen LogP contribution in [0.3, 0.4) is 0 Å². The smallest absolute Gasteiger partial charge is 0.252 e. The van der Waals surface area contributed by atoms with Gasteiger partial charge in [0, 0.05) is 18.7 Å². The number of hydrogen-bond donors (Lipinski definition) is 3. The average Bonchev–Trinajstić information content (AvgIpc) is 2.12. The van der Waals surface area contributed by atoms with Crippen molar-refractivity contribution >= 4 is 5.82 Å². The lowest BCUT2D eigenvalue weighted by Crippen LogP contribution is -2.16. The van der Waals surface area contributed by atoms with Gasteiger partial charge in [-0.1, -0.05) is 0 Å². The molecule has 0 fully saturated rings. The topological polar surface area (TPSA) is 83.8 Å². The van der Waals surface area contributed by atoms with Gasteiger partial charge in [-0.15, -0.1) is 0 Å². The van der Waals surface area contributed by atoms with Crippen molar-refractivity contribution in [2.24, 2.45) is 5.73 Å². The van der Waals surface area contributed by atoms with E-state index in [1.54, 1.807) is 0 Å². The van der Waals surface area contributed by atoms with E-state index in [0.29, 0.717) is 5.82 Å². The minimum atomic E-state index is -0.144. The van der Waals surface area contributed by atoms with E-state index in [4.69, 9.17) is 5.73 Å². The second kappa shape index (κ2) is 5.39. The van der Waals surface area contributed by atoms with Crippen LogP contribution in [0.5, 0.6) is 0 Å². The van der Waals surface area contributed by atoms with Gasteiger partial charge in [0.2, 0.25) is 0 Å². The maximum Gasteiger partial charge on any atom is 0.252 e. The van der Waals surface area contributed by atoms with Crippen LogP contribution in [-0.4, -0.2) is 22.6 Å². The van der Waals surface area contributed by atoms with E-state index < -0.39 is 0 Å². The first-order valence-corrected chi connectivity index (χ1v) is 4.72. The minimum Gasteiger partial charge on any atom is -0.370 e. The van der Waals surface area contributed by atoms with Crippen molar-refractivity contribution in [2.75, 3.05) is 11.9 Å². The molecule has 0 bridgehead atoms. The third-order valence-corrected chi connectivity index (χ3v) is 1.82. The highest BCUT2D eigenvalue weighted by atomic mass is 16.1. The standard InChI is InChI=1S/C9H16N4O/c1-7(10)3-2-4-11-8-5-9(14)13-6-12-8/h5-7H,2-4,10H2,1H3,(H2,11,12,13,14). The Morgan fingerprint density at radius 2 is 2.50 bits per heavy atom. The molecular weight excluding hydrogens is 180 g/mol. The summed E-state index contributed by atoms with van der Waals surface area (Å²) < 4.78 is 0. The summed E-state index contributed by atoms with van der Waals surface area (Å²) in [5.41, 5.74) is 5.45. The predicted molar refractivity (Wildman–Crippen MR) is 56.2 cm³/mol. The molecule has 5 heteroatoms. The lowest BCUT2D eigenvalue weighted by atomic mass is 10.2. The number of hydrogen-bond acceptors (Lipinski definition) is 4. The summed E-state index contributed by atoms with van der Waals surface area (Å²) in [5, 5.41) is 3.05. The summed E-state index contributed by atoms with van der Waals surface area (Å²) in [6, 6.07) is 1.66. The molecule has 0 aromatic carbocycles. The van der Waals surface area contributed by atoms with Crippen molar-refractivity contribution in [1.82, 2.24) is 9.97 Å². The number of aromatic amines is 1. The van der Waals surface area contributed by atoms with Gasteiger partial charge < -0.3 is 16.0 Å². The van der Waals surface area contributed by atoms with E-state index in [9.17, 15) is 4.79 Å². The second-order valence-corrected chi connectivity index (χ2v) is 3.34. The van der Waals surface area contributed by atoms with Crippen LogP contribution in [-0.2, 0) is 0 Å². The first-order valence-electron chi connectivity index (χ1n) is 4.72. The molecule has 1 heterocycles. The van der Waals surface area contributed by atoms with Gasteiger partial charge in [0.05, 0.1) is 6.33 Å². The van der Waals surface area contributed by atoms with Gasteiger partial charge in [-0.05, 0) is 19.8 Å². The summed E-state index contributed by atoms with van der Waals surface area (Å²) in [5.74, 6) is 0.610. The van der Waals surface area contributed by atoms with Crippen LogP contribution in [0, 0.1) is 0 Å². The Kier molecular flexibility index (Phi) is 4.12. The number of H-pyrrole nitrogens is 1. The lowest BCUT2D eigenvalue weighted by Gasteiger charge is -2.06. The van der Waals surface area contributed by atoms with Crippen LogP contribution in [0.4, 0.5) is 5.82 Å². The lowest BCUT2D eigenvalue weighted by molar-refractivity contribution is 0.639. The van der Waals surface area contributed by atoms with E-state index in [1.165, 1.54) is 12.4 Å². The van der Waals surface area contributed by atoms with E-state index >= 15 is 0 Å². The Hall–Kier alpha value is -1.36. The molecule has 0 radical (unpaired) electrons. The fourth-order valence-electron chi connectivity index (χ4n) is 1.11. The molecule has 0 aliphatic heterocycles. The van der Waals surface area contributed by atoms with Crippen LogP contribution in [0.2, 0.25) is 0 Å². The molecule has 1 atom stereocenters. The van der Waals surface area contributed by atoms with Gasteiger partial charge in [-0.25, -0.2) is 4.98 Å². The summed E-state index contributed by atoms with van der Waals surface area (Å²) >= 11 is 0. The van der Waals surface area contributed by atoms with E-state index in [2.05, 4.69) is 15.3 Å². The van der Waals surface area contributed by atoms with E-state index in [0.717, 1.165) is 19.4 Å². The molecule has 0 saturated carbocycles. The van der Waals surface area contributed by atoms with Crippen LogP contribution in [0.1, 0.15) is 19.8 Å². The summed E-state index contributed by atoms with van der Waals surface area (Å²) in [7, 11) is 0. The molecule has 1 aromatic heterocycles. The third-order valence-electron chi connectivity index (χ3n) is 1.82. The zero-order valence-corrected chi connectivity index (χ0v) is 8.29. The highest BCUT2D eigenvalue weighted by Crippen LogP contribution is 1.97. The normalized spacial score (nSPS) is 12.4. The SMILES string of the molecule is CC(N)CCCNc1cc(=O)[nH]cn1. The first kappa shape index (κ1) is 10.7. The number of rotatable bonds is 5. The van der Waals surface area contributed by atoms with Crippen molar-refractivity contribution in [2.45, 2.75) is 25.8 Å². The molecule has 0 amide bonds. The molecule has 4 N–H and O–H groups in total. The molecule has 1 rings (SSSR count). The molecule has 78 valence electrons. The van der Waals surface area contributed by atoms with Gasteiger partial charge >= 0.3 is 0 Å². The maximum atomic E-state index is 10.9. The third kappa shape index (κ3) is 4.04. The second-order valence-electron chi connectivity index (χ2n) is 3.34. The predicted octanol–water partition coefficient (Wildman–Crippen LogP) is 0.309. The van der Waals surface area contributed by atoms with Crippen LogP contribution < -0.4 is 16.6 Å². The van der Waals surface area contributed by atoms with Crippen molar-refractivity contribution < 1.29 is 0 Å².